The molecule has 0 radical (unpaired) electrons. The van der Waals surface area contributed by atoms with E-state index in [1.165, 1.54) is 18.4 Å². The number of thioether (sulfide) groups is 1. The minimum absolute atomic E-state index is 0.306. The topological polar surface area (TPSA) is 21.6 Å². The molecule has 0 amide bonds. The van der Waals surface area contributed by atoms with Gasteiger partial charge in [0, 0.05) is 12.0 Å². The van der Waals surface area contributed by atoms with Gasteiger partial charge in [-0.15, -0.1) is 11.8 Å². The van der Waals surface area contributed by atoms with Crippen molar-refractivity contribution in [3.05, 3.63) is 29.8 Å². The van der Waals surface area contributed by atoms with Crippen LogP contribution >= 0.6 is 11.8 Å². The van der Waals surface area contributed by atoms with E-state index in [1.54, 1.807) is 0 Å². The van der Waals surface area contributed by atoms with Gasteiger partial charge >= 0.3 is 0 Å². The molecular formula is C12H13NOS. The predicted molar refractivity (Wildman–Crippen MR) is 63.8 cm³/mol. The van der Waals surface area contributed by atoms with Crippen LogP contribution in [0.2, 0.25) is 0 Å². The van der Waals surface area contributed by atoms with Crippen molar-refractivity contribution in [2.45, 2.75) is 24.3 Å². The Morgan fingerprint density at radius 2 is 2.00 bits per heavy atom. The van der Waals surface area contributed by atoms with E-state index in [9.17, 15) is 0 Å². The van der Waals surface area contributed by atoms with Crippen LogP contribution in [0.4, 0.5) is 0 Å². The maximum Gasteiger partial charge on any atom is 0.120 e. The van der Waals surface area contributed by atoms with E-state index >= 15 is 0 Å². The van der Waals surface area contributed by atoms with Gasteiger partial charge in [0.1, 0.15) is 11.1 Å². The fourth-order valence-electron chi connectivity index (χ4n) is 1.59. The molecule has 1 saturated carbocycles. The summed E-state index contributed by atoms with van der Waals surface area (Å²) >= 11 is 1.86. The average molecular weight is 219 g/mol. The third-order valence-corrected chi connectivity index (χ3v) is 3.61. The zero-order chi connectivity index (χ0) is 10.1. The largest absolute Gasteiger partial charge is 0.490 e. The number of hydrogen-bond acceptors (Lipinski definition) is 3. The van der Waals surface area contributed by atoms with Crippen LogP contribution in [0.1, 0.15) is 23.8 Å². The van der Waals surface area contributed by atoms with E-state index in [1.807, 2.05) is 18.0 Å². The summed E-state index contributed by atoms with van der Waals surface area (Å²) in [6, 6.07) is 8.36. The van der Waals surface area contributed by atoms with E-state index < -0.39 is 0 Å². The van der Waals surface area contributed by atoms with Crippen LogP contribution in [0.3, 0.4) is 0 Å². The van der Waals surface area contributed by atoms with Crippen LogP contribution in [-0.2, 0) is 0 Å². The molecule has 0 saturated heterocycles. The molecular weight excluding hydrogens is 206 g/mol. The first-order valence-electron chi connectivity index (χ1n) is 5.32. The lowest BCUT2D eigenvalue weighted by atomic mass is 10.2. The number of rotatable bonds is 3. The third-order valence-electron chi connectivity index (χ3n) is 2.56. The number of ether oxygens (including phenoxy) is 1. The third kappa shape index (κ3) is 2.17. The van der Waals surface area contributed by atoms with Gasteiger partial charge in [-0.2, -0.15) is 0 Å². The Labute approximate surface area is 93.7 Å². The van der Waals surface area contributed by atoms with E-state index in [0.29, 0.717) is 11.5 Å². The molecule has 1 aromatic carbocycles. The summed E-state index contributed by atoms with van der Waals surface area (Å²) in [5.41, 5.74) is 1.27. The average Bonchev–Trinajstić information content (AvgIpc) is 2.92. The highest BCUT2D eigenvalue weighted by molar-refractivity contribution is 8.00. The van der Waals surface area contributed by atoms with E-state index in [0.717, 1.165) is 11.5 Å². The Morgan fingerprint density at radius 3 is 2.60 bits per heavy atom. The fourth-order valence-corrected chi connectivity index (χ4v) is 2.46. The smallest absolute Gasteiger partial charge is 0.120 e. The molecule has 0 spiro atoms. The minimum Gasteiger partial charge on any atom is -0.490 e. The van der Waals surface area contributed by atoms with Crippen molar-refractivity contribution < 1.29 is 4.74 Å². The van der Waals surface area contributed by atoms with Gasteiger partial charge in [-0.1, -0.05) is 12.1 Å². The van der Waals surface area contributed by atoms with Gasteiger partial charge in [-0.3, -0.25) is 4.99 Å². The highest BCUT2D eigenvalue weighted by Gasteiger charge is 2.23. The van der Waals surface area contributed by atoms with Crippen molar-refractivity contribution in [2.24, 2.45) is 4.99 Å². The molecule has 3 heteroatoms. The van der Waals surface area contributed by atoms with Gasteiger partial charge < -0.3 is 4.74 Å². The molecule has 1 heterocycles. The number of nitrogens with zero attached hydrogens (tertiary/aromatic N) is 1. The highest BCUT2D eigenvalue weighted by Crippen LogP contribution is 2.34. The molecule has 78 valence electrons. The predicted octanol–water partition coefficient (Wildman–Crippen LogP) is 3.04. The maximum atomic E-state index is 5.70. The summed E-state index contributed by atoms with van der Waals surface area (Å²) in [5, 5.41) is 0.306. The molecule has 1 unspecified atom stereocenters. The molecule has 15 heavy (non-hydrogen) atoms. The second kappa shape index (κ2) is 3.89. The van der Waals surface area contributed by atoms with Crippen molar-refractivity contribution in [3.8, 4) is 5.75 Å². The van der Waals surface area contributed by atoms with Crippen LogP contribution in [0, 0.1) is 0 Å². The Hall–Kier alpha value is -0.960. The quantitative estimate of drug-likeness (QED) is 0.779. The van der Waals surface area contributed by atoms with Crippen LogP contribution in [0.5, 0.6) is 5.75 Å². The molecule has 0 aromatic heterocycles. The van der Waals surface area contributed by atoms with E-state index in [2.05, 4.69) is 29.3 Å². The van der Waals surface area contributed by atoms with Gasteiger partial charge in [-0.25, -0.2) is 0 Å². The Morgan fingerprint density at radius 1 is 1.20 bits per heavy atom. The fraction of sp³-hybridized carbons (Fsp3) is 0.417. The van der Waals surface area contributed by atoms with E-state index in [4.69, 9.17) is 4.74 Å². The molecule has 3 rings (SSSR count). The monoisotopic (exact) mass is 219 g/mol. The molecule has 0 bridgehead atoms. The summed E-state index contributed by atoms with van der Waals surface area (Å²) in [5.74, 6) is 2.03. The first-order chi connectivity index (χ1) is 7.42. The first kappa shape index (κ1) is 9.28. The second-order valence-electron chi connectivity index (χ2n) is 3.90. The van der Waals surface area contributed by atoms with Crippen LogP contribution < -0.4 is 4.74 Å². The van der Waals surface area contributed by atoms with Crippen molar-refractivity contribution in [3.63, 3.8) is 0 Å². The normalized spacial score (nSPS) is 24.4. The van der Waals surface area contributed by atoms with Crippen molar-refractivity contribution in [1.82, 2.24) is 0 Å². The van der Waals surface area contributed by atoms with Gasteiger partial charge in [-0.05, 0) is 30.5 Å². The van der Waals surface area contributed by atoms with Crippen LogP contribution in [0.25, 0.3) is 0 Å². The Kier molecular flexibility index (Phi) is 2.41. The maximum absolute atomic E-state index is 5.70. The lowest BCUT2D eigenvalue weighted by Crippen LogP contribution is -1.96. The number of hydrogen-bond donors (Lipinski definition) is 0. The molecule has 1 atom stereocenters. The van der Waals surface area contributed by atoms with Crippen molar-refractivity contribution in [2.75, 3.05) is 5.75 Å². The summed E-state index contributed by atoms with van der Waals surface area (Å²) in [7, 11) is 0. The van der Waals surface area contributed by atoms with Gasteiger partial charge in [0.2, 0.25) is 0 Å². The van der Waals surface area contributed by atoms with Gasteiger partial charge in [0.15, 0.2) is 0 Å². The zero-order valence-electron chi connectivity index (χ0n) is 8.43. The lowest BCUT2D eigenvalue weighted by molar-refractivity contribution is 0.303. The summed E-state index contributed by atoms with van der Waals surface area (Å²) in [4.78, 5) is 4.41. The zero-order valence-corrected chi connectivity index (χ0v) is 9.24. The molecule has 0 N–H and O–H groups in total. The van der Waals surface area contributed by atoms with Crippen molar-refractivity contribution >= 4 is 18.0 Å². The number of aliphatic imine (C=N–C) groups is 1. The van der Waals surface area contributed by atoms with Crippen LogP contribution in [-0.4, -0.2) is 18.1 Å². The molecule has 1 fully saturated rings. The summed E-state index contributed by atoms with van der Waals surface area (Å²) in [6.07, 6.45) is 4.90. The highest BCUT2D eigenvalue weighted by atomic mass is 32.2. The Bertz CT molecular complexity index is 370. The standard InChI is InChI=1S/C12H13NOS/c1-3-10(14-11-5-6-11)4-2-9(1)12-13-7-8-15-12/h1-4,7,11-12H,5-6,8H2. The number of benzene rings is 1. The minimum atomic E-state index is 0.306. The lowest BCUT2D eigenvalue weighted by Gasteiger charge is -2.08. The summed E-state index contributed by atoms with van der Waals surface area (Å²) < 4.78 is 5.70. The van der Waals surface area contributed by atoms with Gasteiger partial charge in [0.05, 0.1) is 6.10 Å². The molecule has 1 aromatic rings. The second-order valence-corrected chi connectivity index (χ2v) is 5.02. The van der Waals surface area contributed by atoms with Crippen LogP contribution in [0.15, 0.2) is 29.3 Å². The summed E-state index contributed by atoms with van der Waals surface area (Å²) in [6.45, 7) is 0. The van der Waals surface area contributed by atoms with Gasteiger partial charge in [0.25, 0.3) is 0 Å². The van der Waals surface area contributed by atoms with E-state index in [-0.39, 0.29) is 0 Å². The molecule has 2 aliphatic rings. The first-order valence-corrected chi connectivity index (χ1v) is 6.36. The van der Waals surface area contributed by atoms with Crippen molar-refractivity contribution in [1.29, 1.82) is 0 Å². The SMILES string of the molecule is C1=NC(c2ccc(OC3CC3)cc2)SC1. The molecule has 1 aliphatic heterocycles. The Balaban J connectivity index is 1.71. The molecule has 2 nitrogen and oxygen atoms in total. The molecule has 1 aliphatic carbocycles.